The van der Waals surface area contributed by atoms with Gasteiger partial charge in [-0.15, -0.1) is 0 Å². The van der Waals surface area contributed by atoms with Crippen LogP contribution in [-0.2, 0) is 9.59 Å². The number of halogens is 2. The van der Waals surface area contributed by atoms with Crippen molar-refractivity contribution in [2.24, 2.45) is 5.41 Å². The molecular formula is C10H17F2NO4. The first-order chi connectivity index (χ1) is 7.70. The Morgan fingerprint density at radius 1 is 1.35 bits per heavy atom. The lowest BCUT2D eigenvalue weighted by molar-refractivity contribution is -0.152. The van der Waals surface area contributed by atoms with E-state index in [4.69, 9.17) is 10.2 Å². The Bertz CT molecular complexity index is 281. The van der Waals surface area contributed by atoms with E-state index in [1.807, 2.05) is 0 Å². The van der Waals surface area contributed by atoms with Crippen LogP contribution in [-0.4, -0.2) is 53.1 Å². The van der Waals surface area contributed by atoms with Crippen molar-refractivity contribution in [3.8, 4) is 0 Å². The fraction of sp³-hybridized carbons (Fsp3) is 0.800. The van der Waals surface area contributed by atoms with Crippen LogP contribution >= 0.6 is 0 Å². The lowest BCUT2D eigenvalue weighted by Gasteiger charge is -2.25. The number of hydrogen-bond donors (Lipinski definition) is 2. The van der Waals surface area contributed by atoms with E-state index in [-0.39, 0.29) is 13.0 Å². The minimum Gasteiger partial charge on any atom is -0.481 e. The van der Waals surface area contributed by atoms with Crippen LogP contribution < -0.4 is 0 Å². The van der Waals surface area contributed by atoms with E-state index >= 15 is 0 Å². The molecule has 0 aliphatic carbocycles. The van der Waals surface area contributed by atoms with Crippen LogP contribution in [0, 0.1) is 5.41 Å². The van der Waals surface area contributed by atoms with E-state index < -0.39 is 36.9 Å². The smallest absolute Gasteiger partial charge is 0.309 e. The zero-order chi connectivity index (χ0) is 13.6. The number of carboxylic acid groups (broad SMARTS) is 1. The standard InChI is InChI=1S/C10H17F2NO4/c1-10(2,9(16)17)5-8(15)13(3-4-14)6-7(11)12/h7,14H,3-6H2,1-2H3,(H,16,17). The number of carboxylic acids is 1. The van der Waals surface area contributed by atoms with Gasteiger partial charge in [0.25, 0.3) is 6.43 Å². The molecule has 1 amide bonds. The van der Waals surface area contributed by atoms with Gasteiger partial charge >= 0.3 is 5.97 Å². The molecule has 0 aromatic carbocycles. The quantitative estimate of drug-likeness (QED) is 0.695. The van der Waals surface area contributed by atoms with E-state index in [0.29, 0.717) is 0 Å². The predicted octanol–water partition coefficient (Wildman–Crippen LogP) is 0.573. The third-order valence-electron chi connectivity index (χ3n) is 2.25. The van der Waals surface area contributed by atoms with Crippen molar-refractivity contribution in [3.05, 3.63) is 0 Å². The molecule has 0 saturated carbocycles. The molecule has 0 radical (unpaired) electrons. The topological polar surface area (TPSA) is 77.8 Å². The fourth-order valence-corrected chi connectivity index (χ4v) is 1.17. The summed E-state index contributed by atoms with van der Waals surface area (Å²) in [6.45, 7) is 1.22. The number of hydrogen-bond acceptors (Lipinski definition) is 3. The van der Waals surface area contributed by atoms with Gasteiger partial charge in [-0.05, 0) is 13.8 Å². The van der Waals surface area contributed by atoms with Crippen molar-refractivity contribution >= 4 is 11.9 Å². The van der Waals surface area contributed by atoms with Gasteiger partial charge in [-0.1, -0.05) is 0 Å². The molecule has 0 atom stereocenters. The van der Waals surface area contributed by atoms with Crippen LogP contribution in [0.25, 0.3) is 0 Å². The van der Waals surface area contributed by atoms with Gasteiger partial charge in [-0.25, -0.2) is 8.78 Å². The van der Waals surface area contributed by atoms with E-state index in [1.54, 1.807) is 0 Å². The summed E-state index contributed by atoms with van der Waals surface area (Å²) >= 11 is 0. The normalized spacial score (nSPS) is 11.6. The number of amides is 1. The highest BCUT2D eigenvalue weighted by molar-refractivity contribution is 5.84. The average Bonchev–Trinajstić information content (AvgIpc) is 2.15. The lowest BCUT2D eigenvalue weighted by atomic mass is 9.89. The van der Waals surface area contributed by atoms with Gasteiger partial charge in [0.2, 0.25) is 5.91 Å². The molecule has 0 aromatic rings. The first-order valence-electron chi connectivity index (χ1n) is 5.11. The molecule has 0 heterocycles. The highest BCUT2D eigenvalue weighted by Gasteiger charge is 2.32. The van der Waals surface area contributed by atoms with E-state index in [2.05, 4.69) is 0 Å². The monoisotopic (exact) mass is 253 g/mol. The second kappa shape index (κ2) is 6.48. The van der Waals surface area contributed by atoms with Crippen LogP contribution in [0.3, 0.4) is 0 Å². The van der Waals surface area contributed by atoms with Crippen molar-refractivity contribution in [1.82, 2.24) is 4.90 Å². The van der Waals surface area contributed by atoms with Crippen LogP contribution in [0.2, 0.25) is 0 Å². The second-order valence-electron chi connectivity index (χ2n) is 4.32. The van der Waals surface area contributed by atoms with Crippen LogP contribution in [0.15, 0.2) is 0 Å². The van der Waals surface area contributed by atoms with Crippen LogP contribution in [0.1, 0.15) is 20.3 Å². The number of aliphatic carboxylic acids is 1. The summed E-state index contributed by atoms with van der Waals surface area (Å²) in [7, 11) is 0. The largest absolute Gasteiger partial charge is 0.481 e. The summed E-state index contributed by atoms with van der Waals surface area (Å²) in [5.74, 6) is -1.88. The first kappa shape index (κ1) is 15.8. The van der Waals surface area contributed by atoms with Gasteiger partial charge in [0.1, 0.15) is 0 Å². The summed E-state index contributed by atoms with van der Waals surface area (Å²) in [6, 6.07) is 0. The summed E-state index contributed by atoms with van der Waals surface area (Å²) in [6.07, 6.45) is -3.09. The van der Waals surface area contributed by atoms with E-state index in [9.17, 15) is 18.4 Å². The summed E-state index contributed by atoms with van der Waals surface area (Å²) in [4.78, 5) is 23.2. The highest BCUT2D eigenvalue weighted by atomic mass is 19.3. The molecule has 0 spiro atoms. The fourth-order valence-electron chi connectivity index (χ4n) is 1.17. The minimum atomic E-state index is -2.71. The molecule has 0 unspecified atom stereocenters. The van der Waals surface area contributed by atoms with Crippen molar-refractivity contribution < 1.29 is 28.6 Å². The maximum atomic E-state index is 12.2. The Balaban J connectivity index is 4.57. The molecule has 2 N–H and O–H groups in total. The molecule has 100 valence electrons. The van der Waals surface area contributed by atoms with E-state index in [0.717, 1.165) is 4.90 Å². The Morgan fingerprint density at radius 2 is 1.88 bits per heavy atom. The summed E-state index contributed by atoms with van der Waals surface area (Å²) in [5.41, 5.74) is -1.31. The zero-order valence-corrected chi connectivity index (χ0v) is 9.82. The number of rotatable bonds is 7. The molecule has 0 bridgehead atoms. The Labute approximate surface area is 98.0 Å². The number of alkyl halides is 2. The average molecular weight is 253 g/mol. The predicted molar refractivity (Wildman–Crippen MR) is 55.7 cm³/mol. The Kier molecular flexibility index (Phi) is 6.01. The van der Waals surface area contributed by atoms with Gasteiger partial charge in [-0.2, -0.15) is 0 Å². The number of aliphatic hydroxyl groups excluding tert-OH is 1. The lowest BCUT2D eigenvalue weighted by Crippen LogP contribution is -2.40. The van der Waals surface area contributed by atoms with Crippen LogP contribution in [0.5, 0.6) is 0 Å². The molecule has 0 saturated heterocycles. The Hall–Kier alpha value is -1.24. The van der Waals surface area contributed by atoms with Crippen molar-refractivity contribution in [1.29, 1.82) is 0 Å². The van der Waals surface area contributed by atoms with Crippen LogP contribution in [0.4, 0.5) is 8.78 Å². The van der Waals surface area contributed by atoms with Crippen molar-refractivity contribution in [2.45, 2.75) is 26.7 Å². The van der Waals surface area contributed by atoms with Gasteiger partial charge in [0, 0.05) is 13.0 Å². The maximum Gasteiger partial charge on any atom is 0.309 e. The van der Waals surface area contributed by atoms with Gasteiger partial charge in [0.05, 0.1) is 18.6 Å². The van der Waals surface area contributed by atoms with Gasteiger partial charge < -0.3 is 15.1 Å². The van der Waals surface area contributed by atoms with E-state index in [1.165, 1.54) is 13.8 Å². The third kappa shape index (κ3) is 5.58. The molecule has 0 fully saturated rings. The SMILES string of the molecule is CC(C)(CC(=O)N(CCO)CC(F)F)C(=O)O. The number of nitrogens with zero attached hydrogens (tertiary/aromatic N) is 1. The molecular weight excluding hydrogens is 236 g/mol. The molecule has 0 aliphatic rings. The molecule has 0 aliphatic heterocycles. The van der Waals surface area contributed by atoms with Crippen molar-refractivity contribution in [2.75, 3.05) is 19.7 Å². The van der Waals surface area contributed by atoms with Gasteiger partial charge in [-0.3, -0.25) is 9.59 Å². The maximum absolute atomic E-state index is 12.2. The number of carbonyl (C=O) groups is 2. The van der Waals surface area contributed by atoms with Crippen molar-refractivity contribution in [3.63, 3.8) is 0 Å². The molecule has 17 heavy (non-hydrogen) atoms. The van der Waals surface area contributed by atoms with Gasteiger partial charge in [0.15, 0.2) is 0 Å². The number of aliphatic hydroxyl groups is 1. The third-order valence-corrected chi connectivity index (χ3v) is 2.25. The highest BCUT2D eigenvalue weighted by Crippen LogP contribution is 2.21. The minimum absolute atomic E-state index is 0.223. The molecule has 0 aromatic heterocycles. The summed E-state index contributed by atoms with van der Waals surface area (Å²) in [5, 5.41) is 17.5. The number of carbonyl (C=O) groups excluding carboxylic acids is 1. The zero-order valence-electron chi connectivity index (χ0n) is 9.82. The molecule has 0 rings (SSSR count). The molecule has 7 heteroatoms. The Morgan fingerprint density at radius 3 is 2.24 bits per heavy atom. The first-order valence-corrected chi connectivity index (χ1v) is 5.11. The second-order valence-corrected chi connectivity index (χ2v) is 4.32. The molecule has 5 nitrogen and oxygen atoms in total. The summed E-state index contributed by atoms with van der Waals surface area (Å²) < 4.78 is 24.3.